The van der Waals surface area contributed by atoms with Crippen molar-refractivity contribution in [3.05, 3.63) is 29.3 Å². The van der Waals surface area contributed by atoms with E-state index in [1.54, 1.807) is 18.2 Å². The fourth-order valence-corrected chi connectivity index (χ4v) is 4.63. The molecule has 0 saturated carbocycles. The third-order valence-corrected chi connectivity index (χ3v) is 5.74. The van der Waals surface area contributed by atoms with Gasteiger partial charge in [-0.05, 0) is 87.3 Å². The van der Waals surface area contributed by atoms with Gasteiger partial charge >= 0.3 is 0 Å². The van der Waals surface area contributed by atoms with Crippen LogP contribution in [0.1, 0.15) is 63.5 Å². The van der Waals surface area contributed by atoms with Gasteiger partial charge in [-0.15, -0.1) is 12.4 Å². The van der Waals surface area contributed by atoms with Crippen molar-refractivity contribution in [2.45, 2.75) is 64.2 Å². The number of rotatable bonds is 8. The molecule has 1 aliphatic carbocycles. The van der Waals surface area contributed by atoms with Gasteiger partial charge in [0.2, 0.25) is 0 Å². The summed E-state index contributed by atoms with van der Waals surface area (Å²) in [6.07, 6.45) is 9.04. The molecule has 0 saturated heterocycles. The van der Waals surface area contributed by atoms with Crippen molar-refractivity contribution < 1.29 is 4.74 Å². The molecule has 0 N–H and O–H groups in total. The number of fused-ring (bicyclic) bond motifs is 1. The second-order valence-corrected chi connectivity index (χ2v) is 7.51. The molecule has 0 heterocycles. The zero-order valence-electron chi connectivity index (χ0n) is 16.2. The van der Waals surface area contributed by atoms with Crippen LogP contribution in [0.15, 0.2) is 18.2 Å². The fourth-order valence-electron chi connectivity index (χ4n) is 4.63. The highest BCUT2D eigenvalue weighted by molar-refractivity contribution is 5.85. The van der Waals surface area contributed by atoms with Gasteiger partial charge in [0.25, 0.3) is 0 Å². The number of nitrogens with zero attached hydrogens (tertiary/aromatic N) is 1. The van der Waals surface area contributed by atoms with Crippen LogP contribution in [0.5, 0.6) is 5.75 Å². The van der Waals surface area contributed by atoms with Gasteiger partial charge in [0.15, 0.2) is 0 Å². The van der Waals surface area contributed by atoms with Crippen LogP contribution < -0.4 is 4.74 Å². The summed E-state index contributed by atoms with van der Waals surface area (Å²) in [4.78, 5) is 2.34. The van der Waals surface area contributed by atoms with Crippen molar-refractivity contribution in [3.8, 4) is 5.75 Å². The van der Waals surface area contributed by atoms with Gasteiger partial charge in [-0.3, -0.25) is 0 Å². The van der Waals surface area contributed by atoms with Crippen LogP contribution in [0, 0.1) is 5.92 Å². The maximum atomic E-state index is 5.56. The Morgan fingerprint density at radius 2 is 1.92 bits per heavy atom. The molecule has 0 fully saturated rings. The number of aryl methyl sites for hydroxylation is 1. The molecule has 24 heavy (non-hydrogen) atoms. The summed E-state index contributed by atoms with van der Waals surface area (Å²) in [6, 6.07) is 6.81. The second kappa shape index (κ2) is 9.68. The van der Waals surface area contributed by atoms with Crippen molar-refractivity contribution in [1.29, 1.82) is 0 Å². The monoisotopic (exact) mass is 353 g/mol. The quantitative estimate of drug-likeness (QED) is 0.614. The first-order valence-electron chi connectivity index (χ1n) is 9.39. The highest BCUT2D eigenvalue weighted by Gasteiger charge is 2.42. The zero-order valence-corrected chi connectivity index (χ0v) is 17.0. The van der Waals surface area contributed by atoms with Gasteiger partial charge in [-0.25, -0.2) is 0 Å². The summed E-state index contributed by atoms with van der Waals surface area (Å²) in [7, 11) is 6.18. The van der Waals surface area contributed by atoms with Gasteiger partial charge < -0.3 is 9.64 Å². The van der Waals surface area contributed by atoms with Crippen molar-refractivity contribution in [1.82, 2.24) is 4.90 Å². The molecule has 1 aliphatic rings. The summed E-state index contributed by atoms with van der Waals surface area (Å²) >= 11 is 0. The molecule has 2 unspecified atom stereocenters. The predicted octanol–water partition coefficient (Wildman–Crippen LogP) is 5.47. The molecule has 2 rings (SSSR count). The molecular formula is C21H36ClNO. The molecule has 3 heteroatoms. The van der Waals surface area contributed by atoms with E-state index in [9.17, 15) is 0 Å². The van der Waals surface area contributed by atoms with Gasteiger partial charge in [0.1, 0.15) is 5.75 Å². The SMILES string of the molecule is CCCC1CCc2ccc(OC)cc2C1(CCC)CCN(C)C.Cl. The topological polar surface area (TPSA) is 12.5 Å². The molecule has 2 atom stereocenters. The Hall–Kier alpha value is -0.730. The van der Waals surface area contributed by atoms with Gasteiger partial charge in [0.05, 0.1) is 7.11 Å². The molecule has 0 aliphatic heterocycles. The van der Waals surface area contributed by atoms with Crippen molar-refractivity contribution >= 4 is 12.4 Å². The number of benzene rings is 1. The summed E-state index contributed by atoms with van der Waals surface area (Å²) in [5.41, 5.74) is 3.48. The van der Waals surface area contributed by atoms with E-state index in [1.165, 1.54) is 44.9 Å². The molecule has 1 aromatic carbocycles. The third-order valence-electron chi connectivity index (χ3n) is 5.74. The number of hydrogen-bond donors (Lipinski definition) is 0. The Morgan fingerprint density at radius 1 is 1.17 bits per heavy atom. The maximum absolute atomic E-state index is 5.56. The van der Waals surface area contributed by atoms with Crippen molar-refractivity contribution in [2.75, 3.05) is 27.7 Å². The average Bonchev–Trinajstić information content (AvgIpc) is 2.55. The van der Waals surface area contributed by atoms with Gasteiger partial charge in [0, 0.05) is 0 Å². The normalized spacial score (nSPS) is 22.8. The number of halogens is 1. The van der Waals surface area contributed by atoms with E-state index >= 15 is 0 Å². The molecule has 0 amide bonds. The Kier molecular flexibility index (Phi) is 8.59. The predicted molar refractivity (Wildman–Crippen MR) is 107 cm³/mol. The van der Waals surface area contributed by atoms with E-state index in [2.05, 4.69) is 51.0 Å². The maximum Gasteiger partial charge on any atom is 0.119 e. The van der Waals surface area contributed by atoms with E-state index in [-0.39, 0.29) is 12.4 Å². The molecule has 138 valence electrons. The van der Waals surface area contributed by atoms with Crippen LogP contribution in [-0.2, 0) is 11.8 Å². The highest BCUT2D eigenvalue weighted by Crippen LogP contribution is 2.50. The fraction of sp³-hybridized carbons (Fsp3) is 0.714. The molecule has 1 aromatic rings. The van der Waals surface area contributed by atoms with Crippen LogP contribution in [0.25, 0.3) is 0 Å². The van der Waals surface area contributed by atoms with Crippen LogP contribution in [0.4, 0.5) is 0 Å². The standard InChI is InChI=1S/C21H35NO.ClH/c1-6-8-18-11-9-17-10-12-19(23-5)16-20(17)21(18,13-7-2)14-15-22(3)4;/h10,12,16,18H,6-9,11,13-15H2,1-5H3;1H. The number of ether oxygens (including phenoxy) is 1. The van der Waals surface area contributed by atoms with Crippen LogP contribution in [0.2, 0.25) is 0 Å². The van der Waals surface area contributed by atoms with Crippen molar-refractivity contribution in [3.63, 3.8) is 0 Å². The molecular weight excluding hydrogens is 318 g/mol. The highest BCUT2D eigenvalue weighted by atomic mass is 35.5. The Morgan fingerprint density at radius 3 is 2.50 bits per heavy atom. The first-order valence-corrected chi connectivity index (χ1v) is 9.39. The Balaban J connectivity index is 0.00000288. The van der Waals surface area contributed by atoms with Crippen LogP contribution in [0.3, 0.4) is 0 Å². The van der Waals surface area contributed by atoms with E-state index in [1.807, 2.05) is 0 Å². The van der Waals surface area contributed by atoms with Crippen molar-refractivity contribution in [2.24, 2.45) is 5.92 Å². The molecule has 0 bridgehead atoms. The minimum absolute atomic E-state index is 0. The summed E-state index contributed by atoms with van der Waals surface area (Å²) in [6.45, 7) is 5.84. The molecule has 0 radical (unpaired) electrons. The average molecular weight is 354 g/mol. The van der Waals surface area contributed by atoms with E-state index in [4.69, 9.17) is 4.74 Å². The largest absolute Gasteiger partial charge is 0.497 e. The Labute approximate surface area is 155 Å². The Bertz CT molecular complexity index is 503. The summed E-state index contributed by atoms with van der Waals surface area (Å²) in [5, 5.41) is 0. The number of hydrogen-bond acceptors (Lipinski definition) is 2. The van der Waals surface area contributed by atoms with Crippen LogP contribution >= 0.6 is 12.4 Å². The lowest BCUT2D eigenvalue weighted by molar-refractivity contribution is 0.169. The molecule has 2 nitrogen and oxygen atoms in total. The minimum atomic E-state index is 0. The van der Waals surface area contributed by atoms with Gasteiger partial charge in [-0.1, -0.05) is 32.8 Å². The van der Waals surface area contributed by atoms with Gasteiger partial charge in [-0.2, -0.15) is 0 Å². The van der Waals surface area contributed by atoms with Crippen LogP contribution in [-0.4, -0.2) is 32.6 Å². The minimum Gasteiger partial charge on any atom is -0.497 e. The summed E-state index contributed by atoms with van der Waals surface area (Å²) in [5.74, 6) is 1.83. The lowest BCUT2D eigenvalue weighted by Gasteiger charge is -2.47. The lowest BCUT2D eigenvalue weighted by Crippen LogP contribution is -2.42. The third kappa shape index (κ3) is 4.46. The molecule has 0 spiro atoms. The summed E-state index contributed by atoms with van der Waals surface area (Å²) < 4.78 is 5.56. The lowest BCUT2D eigenvalue weighted by atomic mass is 9.58. The first kappa shape index (κ1) is 21.3. The number of methoxy groups -OCH3 is 1. The van der Waals surface area contributed by atoms with E-state index < -0.39 is 0 Å². The zero-order chi connectivity index (χ0) is 16.9. The first-order chi connectivity index (χ1) is 11.1. The van der Waals surface area contributed by atoms with E-state index in [0.717, 1.165) is 18.2 Å². The smallest absolute Gasteiger partial charge is 0.119 e. The molecule has 0 aromatic heterocycles. The second-order valence-electron chi connectivity index (χ2n) is 7.51. The van der Waals surface area contributed by atoms with E-state index in [0.29, 0.717) is 5.41 Å².